The molecule has 0 atom stereocenters. The molecule has 2 aromatic carbocycles. The largest absolute Gasteiger partial charge is 0.497 e. The van der Waals surface area contributed by atoms with Gasteiger partial charge in [-0.25, -0.2) is 4.98 Å². The number of anilines is 2. The first kappa shape index (κ1) is 21.7. The Morgan fingerprint density at radius 1 is 0.938 bits per heavy atom. The first-order valence-corrected chi connectivity index (χ1v) is 9.00. The maximum absolute atomic E-state index is 13.1. The SMILES string of the molecule is COc1ccc2nc(Nc3ccc(C(O)(C(F)(F)F)C(F)(F)F)cc3)c3n[nH]cc3c2c1. The summed E-state index contributed by atoms with van der Waals surface area (Å²) in [6, 6.07) is 8.21. The Morgan fingerprint density at radius 2 is 1.59 bits per heavy atom. The van der Waals surface area contributed by atoms with Crippen molar-refractivity contribution in [2.45, 2.75) is 18.0 Å². The summed E-state index contributed by atoms with van der Waals surface area (Å²) in [6.07, 6.45) is -10.3. The average molecular weight is 456 g/mol. The lowest BCUT2D eigenvalue weighted by atomic mass is 9.92. The fourth-order valence-corrected chi connectivity index (χ4v) is 3.31. The molecule has 4 aromatic rings. The molecule has 0 saturated heterocycles. The Kier molecular flexibility index (Phi) is 4.92. The van der Waals surface area contributed by atoms with Crippen LogP contribution in [0.2, 0.25) is 0 Å². The van der Waals surface area contributed by atoms with Crippen LogP contribution in [0.3, 0.4) is 0 Å². The van der Waals surface area contributed by atoms with Crippen molar-refractivity contribution in [1.29, 1.82) is 0 Å². The highest BCUT2D eigenvalue weighted by molar-refractivity contribution is 6.09. The standard InChI is InChI=1S/C20H14F6N4O2/c1-32-12-6-7-15-13(8-12)14-9-27-30-16(14)17(29-15)28-11-4-2-10(3-5-11)18(31,19(21,22)23)20(24,25)26/h2-9,31H,1H3,(H,27,30)(H,28,29). The molecule has 6 nitrogen and oxygen atoms in total. The normalized spacial score (nSPS) is 13.0. The Labute approximate surface area is 175 Å². The molecule has 3 N–H and O–H groups in total. The monoisotopic (exact) mass is 456 g/mol. The number of halogens is 6. The lowest BCUT2D eigenvalue weighted by Gasteiger charge is -2.32. The van der Waals surface area contributed by atoms with Crippen molar-refractivity contribution in [2.24, 2.45) is 0 Å². The number of fused-ring (bicyclic) bond motifs is 3. The number of alkyl halides is 6. The van der Waals surface area contributed by atoms with Gasteiger partial charge in [0.15, 0.2) is 5.82 Å². The van der Waals surface area contributed by atoms with E-state index in [9.17, 15) is 31.4 Å². The molecule has 0 bridgehead atoms. The van der Waals surface area contributed by atoms with Gasteiger partial charge in [-0.1, -0.05) is 12.1 Å². The summed E-state index contributed by atoms with van der Waals surface area (Å²) in [5, 5.41) is 20.6. The van der Waals surface area contributed by atoms with Crippen LogP contribution in [-0.2, 0) is 5.60 Å². The predicted molar refractivity (Wildman–Crippen MR) is 104 cm³/mol. The van der Waals surface area contributed by atoms with Gasteiger partial charge in [0.05, 0.1) is 12.6 Å². The number of methoxy groups -OCH3 is 1. The van der Waals surface area contributed by atoms with E-state index in [0.717, 1.165) is 17.5 Å². The zero-order valence-electron chi connectivity index (χ0n) is 16.1. The minimum absolute atomic E-state index is 0.144. The number of nitrogens with zero attached hydrogens (tertiary/aromatic N) is 2. The van der Waals surface area contributed by atoms with Crippen LogP contribution in [0.25, 0.3) is 21.8 Å². The molecule has 0 unspecified atom stereocenters. The maximum Gasteiger partial charge on any atom is 0.430 e. The van der Waals surface area contributed by atoms with Crippen molar-refractivity contribution in [2.75, 3.05) is 12.4 Å². The van der Waals surface area contributed by atoms with Gasteiger partial charge in [-0.3, -0.25) is 5.10 Å². The van der Waals surface area contributed by atoms with Crippen molar-refractivity contribution < 1.29 is 36.2 Å². The topological polar surface area (TPSA) is 83.1 Å². The lowest BCUT2D eigenvalue weighted by molar-refractivity contribution is -0.376. The van der Waals surface area contributed by atoms with E-state index in [0.29, 0.717) is 34.3 Å². The van der Waals surface area contributed by atoms with Gasteiger partial charge < -0.3 is 15.2 Å². The van der Waals surface area contributed by atoms with E-state index in [1.165, 1.54) is 7.11 Å². The Balaban J connectivity index is 1.73. The van der Waals surface area contributed by atoms with Gasteiger partial charge >= 0.3 is 12.4 Å². The van der Waals surface area contributed by atoms with E-state index in [-0.39, 0.29) is 11.5 Å². The summed E-state index contributed by atoms with van der Waals surface area (Å²) in [7, 11) is 1.51. The third-order valence-corrected chi connectivity index (χ3v) is 4.98. The Hall–Kier alpha value is -3.54. The smallest absolute Gasteiger partial charge is 0.430 e. The third-order valence-electron chi connectivity index (χ3n) is 4.98. The van der Waals surface area contributed by atoms with Crippen molar-refractivity contribution in [3.8, 4) is 5.75 Å². The number of benzene rings is 2. The van der Waals surface area contributed by atoms with Gasteiger partial charge in [-0.05, 0) is 30.3 Å². The fourth-order valence-electron chi connectivity index (χ4n) is 3.31. The Morgan fingerprint density at radius 3 is 2.19 bits per heavy atom. The average Bonchev–Trinajstić information content (AvgIpc) is 3.22. The molecule has 0 saturated carbocycles. The number of ether oxygens (including phenoxy) is 1. The van der Waals surface area contributed by atoms with E-state index < -0.39 is 23.5 Å². The molecule has 2 heterocycles. The number of H-pyrrole nitrogens is 1. The molecule has 4 rings (SSSR count). The van der Waals surface area contributed by atoms with Gasteiger partial charge in [-0.15, -0.1) is 0 Å². The zero-order chi connectivity index (χ0) is 23.3. The van der Waals surface area contributed by atoms with Crippen molar-refractivity contribution in [3.63, 3.8) is 0 Å². The van der Waals surface area contributed by atoms with Gasteiger partial charge in [0.1, 0.15) is 11.3 Å². The number of hydrogen-bond donors (Lipinski definition) is 3. The second-order valence-corrected chi connectivity index (χ2v) is 6.90. The van der Waals surface area contributed by atoms with Crippen molar-refractivity contribution >= 4 is 33.3 Å². The molecule has 0 amide bonds. The first-order chi connectivity index (χ1) is 15.0. The quantitative estimate of drug-likeness (QED) is 0.369. The molecule has 0 spiro atoms. The molecule has 0 aliphatic heterocycles. The molecule has 0 radical (unpaired) electrons. The molecule has 32 heavy (non-hydrogen) atoms. The minimum atomic E-state index is -5.96. The van der Waals surface area contributed by atoms with Crippen LogP contribution >= 0.6 is 0 Å². The van der Waals surface area contributed by atoms with E-state index in [1.54, 1.807) is 24.4 Å². The predicted octanol–water partition coefficient (Wildman–Crippen LogP) is 5.18. The summed E-state index contributed by atoms with van der Waals surface area (Å²) in [5.74, 6) is 0.827. The molecule has 0 aliphatic carbocycles. The summed E-state index contributed by atoms with van der Waals surface area (Å²) in [5.41, 5.74) is -5.25. The van der Waals surface area contributed by atoms with Crippen molar-refractivity contribution in [3.05, 3.63) is 54.2 Å². The molecule has 0 aliphatic rings. The Bertz CT molecular complexity index is 1270. The number of aromatic nitrogens is 3. The van der Waals surface area contributed by atoms with E-state index in [4.69, 9.17) is 4.74 Å². The highest BCUT2D eigenvalue weighted by atomic mass is 19.4. The van der Waals surface area contributed by atoms with E-state index >= 15 is 0 Å². The highest BCUT2D eigenvalue weighted by Gasteiger charge is 2.71. The molecule has 2 aromatic heterocycles. The summed E-state index contributed by atoms with van der Waals surface area (Å²) < 4.78 is 83.6. The van der Waals surface area contributed by atoms with Crippen LogP contribution in [0.4, 0.5) is 37.8 Å². The first-order valence-electron chi connectivity index (χ1n) is 9.00. The molecular formula is C20H14F6N4O2. The van der Waals surface area contributed by atoms with Crippen LogP contribution in [0.5, 0.6) is 5.75 Å². The highest BCUT2D eigenvalue weighted by Crippen LogP contribution is 2.50. The van der Waals surface area contributed by atoms with Gasteiger partial charge in [0.2, 0.25) is 0 Å². The number of rotatable bonds is 4. The van der Waals surface area contributed by atoms with Gasteiger partial charge in [0, 0.05) is 28.2 Å². The number of pyridine rings is 1. The molecule has 12 heteroatoms. The fraction of sp³-hybridized carbons (Fsp3) is 0.200. The second-order valence-electron chi connectivity index (χ2n) is 6.90. The third kappa shape index (κ3) is 3.36. The minimum Gasteiger partial charge on any atom is -0.497 e. The van der Waals surface area contributed by atoms with Crippen LogP contribution in [-0.4, -0.2) is 39.8 Å². The molecular weight excluding hydrogens is 442 g/mol. The lowest BCUT2D eigenvalue weighted by Crippen LogP contribution is -2.53. The summed E-state index contributed by atoms with van der Waals surface area (Å²) in [6.45, 7) is 0. The summed E-state index contributed by atoms with van der Waals surface area (Å²) in [4.78, 5) is 4.44. The van der Waals surface area contributed by atoms with Gasteiger partial charge in [0.25, 0.3) is 5.60 Å². The van der Waals surface area contributed by atoms with Crippen LogP contribution in [0.15, 0.2) is 48.7 Å². The van der Waals surface area contributed by atoms with E-state index in [1.807, 2.05) is 0 Å². The van der Waals surface area contributed by atoms with Crippen molar-refractivity contribution in [1.82, 2.24) is 15.2 Å². The van der Waals surface area contributed by atoms with Crippen LogP contribution in [0.1, 0.15) is 5.56 Å². The number of aliphatic hydroxyl groups is 1. The van der Waals surface area contributed by atoms with Crippen LogP contribution < -0.4 is 10.1 Å². The maximum atomic E-state index is 13.1. The molecule has 168 valence electrons. The summed E-state index contributed by atoms with van der Waals surface area (Å²) >= 11 is 0. The van der Waals surface area contributed by atoms with Crippen LogP contribution in [0, 0.1) is 0 Å². The second kappa shape index (κ2) is 7.26. The van der Waals surface area contributed by atoms with Gasteiger partial charge in [-0.2, -0.15) is 31.4 Å². The zero-order valence-corrected chi connectivity index (χ0v) is 16.1. The number of hydrogen-bond acceptors (Lipinski definition) is 5. The number of aromatic amines is 1. The number of nitrogens with one attached hydrogen (secondary N) is 2. The molecule has 0 fully saturated rings. The van der Waals surface area contributed by atoms with E-state index in [2.05, 4.69) is 20.5 Å².